The van der Waals surface area contributed by atoms with Crippen LogP contribution in [0.25, 0.3) is 5.65 Å². The number of nitrogens with zero attached hydrogens (tertiary/aromatic N) is 4. The van der Waals surface area contributed by atoms with Gasteiger partial charge >= 0.3 is 0 Å². The van der Waals surface area contributed by atoms with Crippen LogP contribution in [-0.2, 0) is 17.8 Å². The lowest BCUT2D eigenvalue weighted by Gasteiger charge is -2.22. The van der Waals surface area contributed by atoms with E-state index in [2.05, 4.69) is 4.90 Å². The first-order valence-corrected chi connectivity index (χ1v) is 11.1. The highest BCUT2D eigenvalue weighted by Gasteiger charge is 2.20. The summed E-state index contributed by atoms with van der Waals surface area (Å²) in [5.74, 6) is 1.02. The van der Waals surface area contributed by atoms with Crippen molar-refractivity contribution in [2.45, 2.75) is 32.7 Å². The monoisotopic (exact) mass is 434 g/mol. The zero-order valence-corrected chi connectivity index (χ0v) is 18.8. The summed E-state index contributed by atoms with van der Waals surface area (Å²) in [6.07, 6.45) is 3.91. The lowest BCUT2D eigenvalue weighted by molar-refractivity contribution is -0.131. The number of aryl methyl sites for hydroxylation is 2. The molecule has 7 nitrogen and oxygen atoms in total. The molecule has 4 rings (SSSR count). The maximum Gasteiger partial charge on any atom is 0.258 e. The summed E-state index contributed by atoms with van der Waals surface area (Å²) in [6, 6.07) is 13.3. The predicted octanol–water partition coefficient (Wildman–Crippen LogP) is 2.68. The Morgan fingerprint density at radius 2 is 1.91 bits per heavy atom. The zero-order chi connectivity index (χ0) is 22.5. The van der Waals surface area contributed by atoms with Crippen molar-refractivity contribution in [1.29, 1.82) is 0 Å². The van der Waals surface area contributed by atoms with E-state index in [0.717, 1.165) is 55.0 Å². The fraction of sp³-hybridized carbons (Fsp3) is 0.400. The fourth-order valence-corrected chi connectivity index (χ4v) is 4.20. The summed E-state index contributed by atoms with van der Waals surface area (Å²) in [4.78, 5) is 34.2. The van der Waals surface area contributed by atoms with Gasteiger partial charge in [0, 0.05) is 51.4 Å². The molecule has 7 heteroatoms. The van der Waals surface area contributed by atoms with Gasteiger partial charge in [-0.1, -0.05) is 18.2 Å². The minimum Gasteiger partial charge on any atom is -0.497 e. The quantitative estimate of drug-likeness (QED) is 0.597. The average molecular weight is 435 g/mol. The highest BCUT2D eigenvalue weighted by molar-refractivity contribution is 5.76. The van der Waals surface area contributed by atoms with E-state index in [-0.39, 0.29) is 11.5 Å². The molecule has 1 aliphatic heterocycles. The van der Waals surface area contributed by atoms with Gasteiger partial charge in [-0.25, -0.2) is 4.98 Å². The van der Waals surface area contributed by atoms with Gasteiger partial charge in [-0.15, -0.1) is 0 Å². The molecule has 0 aliphatic carbocycles. The minimum absolute atomic E-state index is 0.0566. The topological polar surface area (TPSA) is 67.2 Å². The first-order chi connectivity index (χ1) is 15.5. The summed E-state index contributed by atoms with van der Waals surface area (Å²) < 4.78 is 6.77. The molecule has 1 amide bonds. The molecule has 3 heterocycles. The van der Waals surface area contributed by atoms with E-state index in [0.29, 0.717) is 25.2 Å². The maximum absolute atomic E-state index is 12.8. The van der Waals surface area contributed by atoms with E-state index in [9.17, 15) is 9.59 Å². The largest absolute Gasteiger partial charge is 0.497 e. The Bertz CT molecular complexity index is 1140. The third kappa shape index (κ3) is 5.16. The number of carbonyl (C=O) groups is 1. The third-order valence-electron chi connectivity index (χ3n) is 6.05. The SMILES string of the molecule is COc1ccc(CCC(=O)N2CCCN(Cc3cc(=O)n4cccc(C)c4n3)CC2)cc1. The Morgan fingerprint density at radius 3 is 2.69 bits per heavy atom. The van der Waals surface area contributed by atoms with Gasteiger partial charge in [0.05, 0.1) is 12.8 Å². The first kappa shape index (κ1) is 22.0. The molecule has 0 unspecified atom stereocenters. The number of benzene rings is 1. The molecule has 0 spiro atoms. The van der Waals surface area contributed by atoms with Crippen LogP contribution in [0.4, 0.5) is 0 Å². The molecule has 32 heavy (non-hydrogen) atoms. The van der Waals surface area contributed by atoms with Gasteiger partial charge in [0.15, 0.2) is 0 Å². The molecule has 1 aliphatic rings. The Labute approximate surface area is 188 Å². The Morgan fingerprint density at radius 1 is 1.09 bits per heavy atom. The maximum atomic E-state index is 12.8. The standard InChI is InChI=1S/C25H30N4O3/c1-19-5-3-14-29-24(31)17-21(26-25(19)29)18-27-12-4-13-28(16-15-27)23(30)11-8-20-6-9-22(32-2)10-7-20/h3,5-7,9-10,14,17H,4,8,11-13,15-16,18H2,1-2H3. The van der Waals surface area contributed by atoms with Crippen molar-refractivity contribution < 1.29 is 9.53 Å². The number of carbonyl (C=O) groups excluding carboxylic acids is 1. The molecular weight excluding hydrogens is 404 g/mol. The summed E-state index contributed by atoms with van der Waals surface area (Å²) >= 11 is 0. The lowest BCUT2D eigenvalue weighted by Crippen LogP contribution is -2.35. The normalized spacial score (nSPS) is 15.0. The van der Waals surface area contributed by atoms with Crippen molar-refractivity contribution in [3.63, 3.8) is 0 Å². The number of fused-ring (bicyclic) bond motifs is 1. The molecule has 0 atom stereocenters. The summed E-state index contributed by atoms with van der Waals surface area (Å²) in [5.41, 5.74) is 3.55. The van der Waals surface area contributed by atoms with Crippen LogP contribution in [-0.4, -0.2) is 58.4 Å². The number of aromatic nitrogens is 2. The van der Waals surface area contributed by atoms with E-state index in [1.54, 1.807) is 23.8 Å². The minimum atomic E-state index is -0.0566. The van der Waals surface area contributed by atoms with E-state index < -0.39 is 0 Å². The molecule has 0 saturated carbocycles. The van der Waals surface area contributed by atoms with Crippen LogP contribution in [0.15, 0.2) is 53.5 Å². The van der Waals surface area contributed by atoms with E-state index >= 15 is 0 Å². The molecule has 1 aromatic carbocycles. The van der Waals surface area contributed by atoms with Crippen LogP contribution in [0.5, 0.6) is 5.75 Å². The predicted molar refractivity (Wildman–Crippen MR) is 124 cm³/mol. The van der Waals surface area contributed by atoms with Crippen molar-refractivity contribution in [3.05, 3.63) is 75.8 Å². The number of hydrogen-bond donors (Lipinski definition) is 0. The third-order valence-corrected chi connectivity index (χ3v) is 6.05. The van der Waals surface area contributed by atoms with Crippen molar-refractivity contribution >= 4 is 11.6 Å². The van der Waals surface area contributed by atoms with Gasteiger partial charge in [0.25, 0.3) is 5.56 Å². The van der Waals surface area contributed by atoms with E-state index in [1.165, 1.54) is 0 Å². The first-order valence-electron chi connectivity index (χ1n) is 11.1. The van der Waals surface area contributed by atoms with Crippen molar-refractivity contribution in [3.8, 4) is 5.75 Å². The van der Waals surface area contributed by atoms with Gasteiger partial charge in [0.1, 0.15) is 11.4 Å². The molecule has 3 aromatic rings. The number of methoxy groups -OCH3 is 1. The van der Waals surface area contributed by atoms with Crippen molar-refractivity contribution in [2.75, 3.05) is 33.3 Å². The van der Waals surface area contributed by atoms with Crippen LogP contribution >= 0.6 is 0 Å². The van der Waals surface area contributed by atoms with Crippen LogP contribution in [0.3, 0.4) is 0 Å². The van der Waals surface area contributed by atoms with Crippen molar-refractivity contribution in [2.24, 2.45) is 0 Å². The van der Waals surface area contributed by atoms with Gasteiger partial charge in [-0.05, 0) is 49.1 Å². The molecule has 1 fully saturated rings. The molecular formula is C25H30N4O3. The molecule has 168 valence electrons. The van der Waals surface area contributed by atoms with Crippen LogP contribution in [0.2, 0.25) is 0 Å². The van der Waals surface area contributed by atoms with Gasteiger partial charge in [0.2, 0.25) is 5.91 Å². The fourth-order valence-electron chi connectivity index (χ4n) is 4.20. The van der Waals surface area contributed by atoms with Crippen LogP contribution in [0, 0.1) is 6.92 Å². The second-order valence-corrected chi connectivity index (χ2v) is 8.33. The van der Waals surface area contributed by atoms with Gasteiger partial charge in [-0.3, -0.25) is 18.9 Å². The number of hydrogen-bond acceptors (Lipinski definition) is 5. The Balaban J connectivity index is 1.33. The number of amides is 1. The molecule has 0 radical (unpaired) electrons. The summed E-state index contributed by atoms with van der Waals surface area (Å²) in [7, 11) is 1.65. The number of pyridine rings is 1. The average Bonchev–Trinajstić information content (AvgIpc) is 3.04. The van der Waals surface area contributed by atoms with E-state index in [4.69, 9.17) is 9.72 Å². The summed E-state index contributed by atoms with van der Waals surface area (Å²) in [5, 5.41) is 0. The molecule has 2 aromatic heterocycles. The smallest absolute Gasteiger partial charge is 0.258 e. The Kier molecular flexibility index (Phi) is 6.85. The van der Waals surface area contributed by atoms with Gasteiger partial charge in [-0.2, -0.15) is 0 Å². The highest BCUT2D eigenvalue weighted by atomic mass is 16.5. The van der Waals surface area contributed by atoms with Crippen molar-refractivity contribution in [1.82, 2.24) is 19.2 Å². The van der Waals surface area contributed by atoms with Crippen LogP contribution in [0.1, 0.15) is 29.7 Å². The highest BCUT2D eigenvalue weighted by Crippen LogP contribution is 2.14. The molecule has 1 saturated heterocycles. The number of rotatable bonds is 6. The Hall–Kier alpha value is -3.19. The van der Waals surface area contributed by atoms with E-state index in [1.807, 2.05) is 48.2 Å². The molecule has 0 bridgehead atoms. The lowest BCUT2D eigenvalue weighted by atomic mass is 10.1. The van der Waals surface area contributed by atoms with Crippen LogP contribution < -0.4 is 10.3 Å². The number of ether oxygens (including phenoxy) is 1. The van der Waals surface area contributed by atoms with Gasteiger partial charge < -0.3 is 9.64 Å². The molecule has 0 N–H and O–H groups in total. The second kappa shape index (κ2) is 9.96. The summed E-state index contributed by atoms with van der Waals surface area (Å²) in [6.45, 7) is 5.72. The zero-order valence-electron chi connectivity index (χ0n) is 18.8. The second-order valence-electron chi connectivity index (χ2n) is 8.33.